The van der Waals surface area contributed by atoms with Gasteiger partial charge in [-0.3, -0.25) is 10.1 Å². The van der Waals surface area contributed by atoms with Crippen molar-refractivity contribution in [3.05, 3.63) is 33.4 Å². The van der Waals surface area contributed by atoms with E-state index in [1.54, 1.807) is 0 Å². The molecule has 106 valence electrons. The van der Waals surface area contributed by atoms with Gasteiger partial charge in [-0.25, -0.2) is 4.79 Å². The number of benzene rings is 1. The van der Waals surface area contributed by atoms with Crippen molar-refractivity contribution in [2.45, 2.75) is 12.7 Å². The summed E-state index contributed by atoms with van der Waals surface area (Å²) in [6, 6.07) is 2.85. The van der Waals surface area contributed by atoms with E-state index in [1.807, 2.05) is 0 Å². The zero-order chi connectivity index (χ0) is 15.4. The molecule has 2 N–H and O–H groups in total. The van der Waals surface area contributed by atoms with Crippen LogP contribution in [-0.2, 0) is 4.79 Å². The van der Waals surface area contributed by atoms with Crippen molar-refractivity contribution in [1.29, 1.82) is 5.26 Å². The number of alkyl halides is 2. The normalized spacial score (nSPS) is 11.8. The van der Waals surface area contributed by atoms with Gasteiger partial charge in [0.25, 0.3) is 0 Å². The van der Waals surface area contributed by atoms with Crippen molar-refractivity contribution >= 4 is 11.7 Å². The van der Waals surface area contributed by atoms with Crippen LogP contribution in [0.25, 0.3) is 0 Å². The Morgan fingerprint density at radius 3 is 2.50 bits per heavy atom. The molecule has 8 nitrogen and oxygen atoms in total. The predicted octanol–water partition coefficient (Wildman–Crippen LogP) is 1.19. The molecule has 1 aromatic carbocycles. The topological polar surface area (TPSA) is 134 Å². The van der Waals surface area contributed by atoms with Gasteiger partial charge in [-0.2, -0.15) is 14.0 Å². The minimum atomic E-state index is -3.47. The highest BCUT2D eigenvalue weighted by Gasteiger charge is 2.30. The molecule has 0 radical (unpaired) electrons. The molecule has 1 atom stereocenters. The Hall–Kier alpha value is -2.80. The van der Waals surface area contributed by atoms with E-state index >= 15 is 0 Å². The number of hydrogen-bond donors (Lipinski definition) is 2. The average molecular weight is 288 g/mol. The van der Waals surface area contributed by atoms with Crippen LogP contribution in [0.2, 0.25) is 0 Å². The number of ether oxygens (including phenoxy) is 1. The lowest BCUT2D eigenvalue weighted by atomic mass is 10.0. The zero-order valence-corrected chi connectivity index (χ0v) is 9.49. The van der Waals surface area contributed by atoms with Crippen LogP contribution in [0.15, 0.2) is 12.1 Å². The number of nitrogens with zero attached hydrogens (tertiary/aromatic N) is 2. The van der Waals surface area contributed by atoms with Crippen molar-refractivity contribution < 1.29 is 33.4 Å². The third kappa shape index (κ3) is 3.15. The smallest absolute Gasteiger partial charge is 0.387 e. The molecule has 0 spiro atoms. The van der Waals surface area contributed by atoms with Gasteiger partial charge in [0.2, 0.25) is 5.75 Å². The van der Waals surface area contributed by atoms with Crippen molar-refractivity contribution in [3.8, 4) is 11.8 Å². The molecule has 1 aromatic rings. The summed E-state index contributed by atoms with van der Waals surface area (Å²) in [6.45, 7) is -3.47. The fourth-order valence-electron chi connectivity index (χ4n) is 1.39. The predicted molar refractivity (Wildman–Crippen MR) is 57.0 cm³/mol. The lowest BCUT2D eigenvalue weighted by molar-refractivity contribution is -0.386. The van der Waals surface area contributed by atoms with Crippen molar-refractivity contribution in [2.75, 3.05) is 0 Å². The fraction of sp³-hybridized carbons (Fsp3) is 0.200. The number of aliphatic hydroxyl groups is 1. The summed E-state index contributed by atoms with van der Waals surface area (Å²) in [5.41, 5.74) is -2.23. The Balaban J connectivity index is 3.60. The number of hydrogen-bond acceptors (Lipinski definition) is 6. The van der Waals surface area contributed by atoms with Crippen LogP contribution in [0.3, 0.4) is 0 Å². The largest absolute Gasteiger partial charge is 0.479 e. The fourth-order valence-corrected chi connectivity index (χ4v) is 1.39. The SMILES string of the molecule is N#Cc1cc(C(O)C(=O)O)c(OC(F)F)c([N+](=O)[O-])c1. The lowest BCUT2D eigenvalue weighted by Crippen LogP contribution is -2.15. The molecule has 0 fully saturated rings. The molecule has 0 saturated heterocycles. The molecule has 0 aliphatic heterocycles. The summed E-state index contributed by atoms with van der Waals surface area (Å²) in [4.78, 5) is 20.3. The summed E-state index contributed by atoms with van der Waals surface area (Å²) in [6.07, 6.45) is -2.35. The van der Waals surface area contributed by atoms with Crippen LogP contribution in [-0.4, -0.2) is 27.7 Å². The molecule has 0 saturated carbocycles. The summed E-state index contributed by atoms with van der Waals surface area (Å²) in [7, 11) is 0. The van der Waals surface area contributed by atoms with E-state index < -0.39 is 40.6 Å². The van der Waals surface area contributed by atoms with E-state index in [1.165, 1.54) is 6.07 Å². The molecule has 0 aliphatic carbocycles. The second kappa shape index (κ2) is 5.89. The molecule has 0 aromatic heterocycles. The van der Waals surface area contributed by atoms with Crippen molar-refractivity contribution in [2.24, 2.45) is 0 Å². The Bertz CT molecular complexity index is 598. The van der Waals surface area contributed by atoms with E-state index in [-0.39, 0.29) is 5.56 Å². The number of halogens is 2. The van der Waals surface area contributed by atoms with E-state index in [9.17, 15) is 28.8 Å². The lowest BCUT2D eigenvalue weighted by Gasteiger charge is -2.13. The van der Waals surface area contributed by atoms with Gasteiger partial charge >= 0.3 is 18.3 Å². The molecule has 0 heterocycles. The van der Waals surface area contributed by atoms with Gasteiger partial charge in [-0.1, -0.05) is 0 Å². The maximum absolute atomic E-state index is 12.3. The van der Waals surface area contributed by atoms with Crippen LogP contribution >= 0.6 is 0 Å². The van der Waals surface area contributed by atoms with Gasteiger partial charge in [0.15, 0.2) is 6.10 Å². The van der Waals surface area contributed by atoms with E-state index in [0.29, 0.717) is 6.07 Å². The summed E-state index contributed by atoms with van der Waals surface area (Å²) < 4.78 is 28.4. The third-order valence-corrected chi connectivity index (χ3v) is 2.16. The first-order valence-corrected chi connectivity index (χ1v) is 4.86. The van der Waals surface area contributed by atoms with Crippen LogP contribution in [0, 0.1) is 21.4 Å². The molecular weight excluding hydrogens is 282 g/mol. The molecule has 10 heteroatoms. The summed E-state index contributed by atoms with van der Waals surface area (Å²) in [5, 5.41) is 37.4. The zero-order valence-electron chi connectivity index (χ0n) is 9.49. The monoisotopic (exact) mass is 288 g/mol. The second-order valence-corrected chi connectivity index (χ2v) is 3.40. The number of carbonyl (C=O) groups is 1. The maximum atomic E-state index is 12.3. The van der Waals surface area contributed by atoms with Crippen LogP contribution in [0.5, 0.6) is 5.75 Å². The number of carboxylic acids is 1. The standard InChI is InChI=1S/C10H6F2N2O6/c11-10(12)20-8-5(7(15)9(16)17)1-4(3-13)2-6(8)14(18)19/h1-2,7,10,15H,(H,16,17). The highest BCUT2D eigenvalue weighted by atomic mass is 19.3. The Morgan fingerprint density at radius 1 is 1.50 bits per heavy atom. The van der Waals surface area contributed by atoms with Gasteiger partial charge in [0.05, 0.1) is 16.6 Å². The van der Waals surface area contributed by atoms with Gasteiger partial charge in [0, 0.05) is 11.6 Å². The van der Waals surface area contributed by atoms with Gasteiger partial charge < -0.3 is 14.9 Å². The van der Waals surface area contributed by atoms with Crippen molar-refractivity contribution in [1.82, 2.24) is 0 Å². The van der Waals surface area contributed by atoms with E-state index in [0.717, 1.165) is 6.07 Å². The number of nitro benzene ring substituents is 1. The van der Waals surface area contributed by atoms with Crippen LogP contribution < -0.4 is 4.74 Å². The number of aliphatic carboxylic acids is 1. The number of nitriles is 1. The third-order valence-electron chi connectivity index (χ3n) is 2.16. The highest BCUT2D eigenvalue weighted by Crippen LogP contribution is 2.37. The minimum absolute atomic E-state index is 0.381. The number of rotatable bonds is 5. The Kier molecular flexibility index (Phi) is 4.50. The molecule has 20 heavy (non-hydrogen) atoms. The first-order valence-electron chi connectivity index (χ1n) is 4.86. The van der Waals surface area contributed by atoms with E-state index in [4.69, 9.17) is 10.4 Å². The van der Waals surface area contributed by atoms with E-state index in [2.05, 4.69) is 4.74 Å². The number of carboxylic acid groups (broad SMARTS) is 1. The van der Waals surface area contributed by atoms with Gasteiger partial charge in [-0.15, -0.1) is 0 Å². The first kappa shape index (κ1) is 15.3. The number of aliphatic hydroxyl groups excluding tert-OH is 1. The quantitative estimate of drug-likeness (QED) is 0.613. The first-order chi connectivity index (χ1) is 9.27. The highest BCUT2D eigenvalue weighted by molar-refractivity contribution is 5.77. The molecule has 0 bridgehead atoms. The molecule has 1 unspecified atom stereocenters. The molecule has 0 amide bonds. The minimum Gasteiger partial charge on any atom is -0.479 e. The van der Waals surface area contributed by atoms with Gasteiger partial charge in [0.1, 0.15) is 0 Å². The number of nitro groups is 1. The maximum Gasteiger partial charge on any atom is 0.387 e. The van der Waals surface area contributed by atoms with Gasteiger partial charge in [-0.05, 0) is 6.07 Å². The molecular formula is C10H6F2N2O6. The van der Waals surface area contributed by atoms with Crippen molar-refractivity contribution in [3.63, 3.8) is 0 Å². The molecule has 1 rings (SSSR count). The van der Waals surface area contributed by atoms with Crippen LogP contribution in [0.1, 0.15) is 17.2 Å². The Labute approximate surface area is 109 Å². The molecule has 0 aliphatic rings. The Morgan fingerprint density at radius 2 is 2.10 bits per heavy atom. The summed E-state index contributed by atoms with van der Waals surface area (Å²) in [5.74, 6) is -2.94. The van der Waals surface area contributed by atoms with Crippen LogP contribution in [0.4, 0.5) is 14.5 Å². The average Bonchev–Trinajstić information content (AvgIpc) is 2.36. The second-order valence-electron chi connectivity index (χ2n) is 3.40. The summed E-state index contributed by atoms with van der Waals surface area (Å²) >= 11 is 0.